The Balaban J connectivity index is 1.79. The maximum absolute atomic E-state index is 13.6. The zero-order valence-electron chi connectivity index (χ0n) is 19.3. The van der Waals surface area contributed by atoms with Gasteiger partial charge in [-0.3, -0.25) is 4.79 Å². The van der Waals surface area contributed by atoms with E-state index in [1.807, 2.05) is 25.1 Å². The number of hydrogen-bond acceptors (Lipinski definition) is 6. The topological polar surface area (TPSA) is 73.9 Å². The number of benzene rings is 2. The summed E-state index contributed by atoms with van der Waals surface area (Å²) < 4.78 is 15.9. The van der Waals surface area contributed by atoms with Crippen LogP contribution in [0.15, 0.2) is 58.9 Å². The molecule has 2 aliphatic rings. The van der Waals surface area contributed by atoms with Crippen LogP contribution < -0.4 is 14.8 Å². The number of nitrogens with one attached hydrogen (secondary N) is 1. The zero-order valence-corrected chi connectivity index (χ0v) is 20.8. The number of ether oxygens (including phenoxy) is 3. The van der Waals surface area contributed by atoms with E-state index in [1.54, 1.807) is 32.4 Å². The molecule has 34 heavy (non-hydrogen) atoms. The molecule has 0 bridgehead atoms. The lowest BCUT2D eigenvalue weighted by Crippen LogP contribution is -2.36. The first-order valence-corrected chi connectivity index (χ1v) is 11.5. The normalized spacial score (nSPS) is 20.0. The highest BCUT2D eigenvalue weighted by atomic mass is 35.5. The Hall–Kier alpha value is -2.96. The highest BCUT2D eigenvalue weighted by Gasteiger charge is 2.41. The standard InChI is InChI=1S/C26H25Cl2NO5/c1-13-23(26(31)34-4)24(15-5-7-17(27)18(28)9-15)25-19(29-13)10-16(11-20(25)30)14-6-8-21(32-2)22(12-14)33-3/h5-9,12,16,24,29H,10-11H2,1-4H3/t16-,24+/m1/s1. The maximum atomic E-state index is 13.6. The van der Waals surface area contributed by atoms with E-state index < -0.39 is 11.9 Å². The number of Topliss-reactive ketones (excluding diaryl/α,β-unsaturated/α-hetero) is 1. The van der Waals surface area contributed by atoms with Crippen LogP contribution in [0.25, 0.3) is 0 Å². The number of carbonyl (C=O) groups excluding carboxylic acids is 2. The maximum Gasteiger partial charge on any atom is 0.336 e. The first kappa shape index (κ1) is 24.2. The van der Waals surface area contributed by atoms with Gasteiger partial charge in [0.15, 0.2) is 17.3 Å². The molecule has 1 aliphatic carbocycles. The molecule has 0 saturated carbocycles. The molecule has 1 aliphatic heterocycles. The molecule has 0 unspecified atom stereocenters. The Kier molecular flexibility index (Phi) is 6.91. The van der Waals surface area contributed by atoms with Crippen molar-refractivity contribution in [2.75, 3.05) is 21.3 Å². The van der Waals surface area contributed by atoms with Crippen LogP contribution in [0, 0.1) is 0 Å². The lowest BCUT2D eigenvalue weighted by molar-refractivity contribution is -0.136. The summed E-state index contributed by atoms with van der Waals surface area (Å²) in [5.41, 5.74) is 4.06. The van der Waals surface area contributed by atoms with Crippen LogP contribution in [0.3, 0.4) is 0 Å². The van der Waals surface area contributed by atoms with Gasteiger partial charge in [-0.2, -0.15) is 0 Å². The first-order chi connectivity index (χ1) is 16.3. The van der Waals surface area contributed by atoms with Gasteiger partial charge in [-0.05, 0) is 54.7 Å². The molecule has 6 nitrogen and oxygen atoms in total. The van der Waals surface area contributed by atoms with Crippen LogP contribution in [-0.2, 0) is 14.3 Å². The van der Waals surface area contributed by atoms with Gasteiger partial charge >= 0.3 is 5.97 Å². The number of dihydropyridines is 1. The molecule has 1 heterocycles. The highest BCUT2D eigenvalue weighted by molar-refractivity contribution is 6.42. The lowest BCUT2D eigenvalue weighted by Gasteiger charge is -2.36. The van der Waals surface area contributed by atoms with Gasteiger partial charge in [0.05, 0.1) is 36.9 Å². The van der Waals surface area contributed by atoms with Crippen molar-refractivity contribution in [1.29, 1.82) is 0 Å². The van der Waals surface area contributed by atoms with Crippen LogP contribution >= 0.6 is 23.2 Å². The van der Waals surface area contributed by atoms with Crippen molar-refractivity contribution in [3.63, 3.8) is 0 Å². The molecular formula is C26H25Cl2NO5. The third kappa shape index (κ3) is 4.28. The molecule has 178 valence electrons. The van der Waals surface area contributed by atoms with Crippen LogP contribution in [0.4, 0.5) is 0 Å². The predicted molar refractivity (Wildman–Crippen MR) is 131 cm³/mol. The van der Waals surface area contributed by atoms with Crippen molar-refractivity contribution in [2.24, 2.45) is 0 Å². The molecule has 4 rings (SSSR count). The van der Waals surface area contributed by atoms with Gasteiger partial charge in [0.2, 0.25) is 0 Å². The second kappa shape index (κ2) is 9.72. The fourth-order valence-corrected chi connectivity index (χ4v) is 5.09. The summed E-state index contributed by atoms with van der Waals surface area (Å²) >= 11 is 12.4. The quantitative estimate of drug-likeness (QED) is 0.541. The minimum Gasteiger partial charge on any atom is -0.493 e. The van der Waals surface area contributed by atoms with Crippen LogP contribution in [0.2, 0.25) is 10.0 Å². The summed E-state index contributed by atoms with van der Waals surface area (Å²) in [6.07, 6.45) is 0.890. The molecule has 0 amide bonds. The third-order valence-electron chi connectivity index (χ3n) is 6.39. The summed E-state index contributed by atoms with van der Waals surface area (Å²) in [5, 5.41) is 4.07. The van der Waals surface area contributed by atoms with Crippen LogP contribution in [-0.4, -0.2) is 33.1 Å². The Labute approximate surface area is 208 Å². The van der Waals surface area contributed by atoms with Crippen molar-refractivity contribution in [3.8, 4) is 11.5 Å². The minimum absolute atomic E-state index is 0.0430. The molecule has 8 heteroatoms. The van der Waals surface area contributed by atoms with Crippen LogP contribution in [0.1, 0.15) is 42.7 Å². The molecule has 1 N–H and O–H groups in total. The molecule has 0 fully saturated rings. The van der Waals surface area contributed by atoms with E-state index in [1.165, 1.54) is 7.11 Å². The molecular weight excluding hydrogens is 477 g/mol. The Bertz CT molecular complexity index is 1230. The molecule has 2 atom stereocenters. The van der Waals surface area contributed by atoms with Crippen LogP contribution in [0.5, 0.6) is 11.5 Å². The lowest BCUT2D eigenvalue weighted by atomic mass is 9.71. The van der Waals surface area contributed by atoms with E-state index in [2.05, 4.69) is 5.32 Å². The summed E-state index contributed by atoms with van der Waals surface area (Å²) in [6.45, 7) is 1.81. The van der Waals surface area contributed by atoms with Gasteiger partial charge in [0, 0.05) is 29.3 Å². The molecule has 0 radical (unpaired) electrons. The molecule has 2 aromatic rings. The number of allylic oxidation sites excluding steroid dienone is 3. The fraction of sp³-hybridized carbons (Fsp3) is 0.308. The molecule has 2 aromatic carbocycles. The van der Waals surface area contributed by atoms with E-state index in [4.69, 9.17) is 37.4 Å². The van der Waals surface area contributed by atoms with E-state index in [0.29, 0.717) is 56.8 Å². The fourth-order valence-electron chi connectivity index (χ4n) is 4.79. The van der Waals surface area contributed by atoms with Gasteiger partial charge in [-0.25, -0.2) is 4.79 Å². The smallest absolute Gasteiger partial charge is 0.336 e. The number of rotatable bonds is 5. The van der Waals surface area contributed by atoms with E-state index >= 15 is 0 Å². The van der Waals surface area contributed by atoms with Crippen molar-refractivity contribution < 1.29 is 23.8 Å². The zero-order chi connectivity index (χ0) is 24.6. The number of esters is 1. The van der Waals surface area contributed by atoms with Gasteiger partial charge in [0.1, 0.15) is 0 Å². The Morgan fingerprint density at radius 2 is 1.65 bits per heavy atom. The SMILES string of the molecule is COC(=O)C1=C(C)NC2=C(C(=O)C[C@H](c3ccc(OC)c(OC)c3)C2)[C@H]1c1ccc(Cl)c(Cl)c1. The number of ketones is 1. The first-order valence-electron chi connectivity index (χ1n) is 10.8. The molecule has 0 aromatic heterocycles. The highest BCUT2D eigenvalue weighted by Crippen LogP contribution is 2.47. The Morgan fingerprint density at radius 3 is 2.29 bits per heavy atom. The minimum atomic E-state index is -0.600. The van der Waals surface area contributed by atoms with Gasteiger partial charge in [-0.1, -0.05) is 35.3 Å². The third-order valence-corrected chi connectivity index (χ3v) is 7.13. The number of hydrogen-bond donors (Lipinski definition) is 1. The summed E-state index contributed by atoms with van der Waals surface area (Å²) in [5.74, 6) is 0.0468. The average Bonchev–Trinajstić information content (AvgIpc) is 2.83. The van der Waals surface area contributed by atoms with E-state index in [-0.39, 0.29) is 11.7 Å². The number of methoxy groups -OCH3 is 3. The van der Waals surface area contributed by atoms with Crippen molar-refractivity contribution in [2.45, 2.75) is 31.6 Å². The van der Waals surface area contributed by atoms with Crippen molar-refractivity contribution in [1.82, 2.24) is 5.32 Å². The number of halogens is 2. The van der Waals surface area contributed by atoms with Gasteiger partial charge < -0.3 is 19.5 Å². The van der Waals surface area contributed by atoms with E-state index in [9.17, 15) is 9.59 Å². The molecule has 0 spiro atoms. The van der Waals surface area contributed by atoms with Gasteiger partial charge in [-0.15, -0.1) is 0 Å². The second-order valence-corrected chi connectivity index (χ2v) is 9.11. The number of carbonyl (C=O) groups is 2. The van der Waals surface area contributed by atoms with Crippen molar-refractivity contribution >= 4 is 35.0 Å². The van der Waals surface area contributed by atoms with Crippen molar-refractivity contribution in [3.05, 3.63) is 80.1 Å². The van der Waals surface area contributed by atoms with E-state index in [0.717, 1.165) is 11.3 Å². The monoisotopic (exact) mass is 501 g/mol. The summed E-state index contributed by atoms with van der Waals surface area (Å²) in [4.78, 5) is 26.4. The predicted octanol–water partition coefficient (Wildman–Crippen LogP) is 5.55. The second-order valence-electron chi connectivity index (χ2n) is 8.30. The average molecular weight is 502 g/mol. The van der Waals surface area contributed by atoms with Gasteiger partial charge in [0.25, 0.3) is 0 Å². The largest absolute Gasteiger partial charge is 0.493 e. The summed E-state index contributed by atoms with van der Waals surface area (Å²) in [7, 11) is 4.50. The summed E-state index contributed by atoms with van der Waals surface area (Å²) in [6, 6.07) is 10.9. The Morgan fingerprint density at radius 1 is 0.941 bits per heavy atom. The molecule has 0 saturated heterocycles.